The second-order valence-electron chi connectivity index (χ2n) is 21.9. The van der Waals surface area contributed by atoms with Crippen molar-refractivity contribution >= 4 is 23.7 Å². The van der Waals surface area contributed by atoms with Crippen LogP contribution in [0.1, 0.15) is 158 Å². The third-order valence-electron chi connectivity index (χ3n) is 17.9. The highest BCUT2D eigenvalue weighted by atomic mass is 16.5. The average molecular weight is 818 g/mol. The maximum absolute atomic E-state index is 14.0. The fraction of sp³-hybridized carbons (Fsp3) is 0.800. The molecule has 0 spiro atoms. The van der Waals surface area contributed by atoms with Crippen LogP contribution < -0.4 is 10.2 Å². The SMILES string of the molecule is C=C(C)[C@@H]1CC[C@]2(CC(=O)NCc3ccc(N4CCOCC4)nc3)CC[C@]3(C)[C@H](CCC4[C@@]5(C)CC[C@H](OC(=O)CC(C)(C)CC(=O)O)C(C)(C)C5CC[C@]43C)C12.CC. The molecule has 6 aliphatic rings. The lowest BCUT2D eigenvalue weighted by molar-refractivity contribution is -0.250. The van der Waals surface area contributed by atoms with Gasteiger partial charge in [-0.15, -0.1) is 0 Å². The second-order valence-corrected chi connectivity index (χ2v) is 21.9. The van der Waals surface area contributed by atoms with Gasteiger partial charge in [-0.1, -0.05) is 80.5 Å². The van der Waals surface area contributed by atoms with Crippen molar-refractivity contribution in [2.45, 2.75) is 165 Å². The van der Waals surface area contributed by atoms with Gasteiger partial charge < -0.3 is 24.8 Å². The van der Waals surface area contributed by atoms with Crippen molar-refractivity contribution in [3.8, 4) is 0 Å². The van der Waals surface area contributed by atoms with Crippen LogP contribution in [-0.2, 0) is 30.4 Å². The first-order valence-electron chi connectivity index (χ1n) is 23.4. The van der Waals surface area contributed by atoms with E-state index in [1.54, 1.807) is 0 Å². The van der Waals surface area contributed by atoms with Gasteiger partial charge in [0, 0.05) is 37.7 Å². The van der Waals surface area contributed by atoms with Crippen molar-refractivity contribution in [1.29, 1.82) is 0 Å². The highest BCUT2D eigenvalue weighted by molar-refractivity contribution is 5.77. The van der Waals surface area contributed by atoms with E-state index in [0.717, 1.165) is 76.2 Å². The number of amides is 1. The van der Waals surface area contributed by atoms with Gasteiger partial charge in [0.1, 0.15) is 11.9 Å². The molecule has 2 N–H and O–H groups in total. The van der Waals surface area contributed by atoms with Crippen molar-refractivity contribution < 1.29 is 29.0 Å². The predicted octanol–water partition coefficient (Wildman–Crippen LogP) is 10.4. The molecule has 59 heavy (non-hydrogen) atoms. The summed E-state index contributed by atoms with van der Waals surface area (Å²) < 4.78 is 11.8. The number of aromatic nitrogens is 1. The first-order valence-corrected chi connectivity index (χ1v) is 23.4. The van der Waals surface area contributed by atoms with Crippen LogP contribution in [0.2, 0.25) is 0 Å². The largest absolute Gasteiger partial charge is 0.481 e. The molecule has 7 rings (SSSR count). The summed E-state index contributed by atoms with van der Waals surface area (Å²) in [7, 11) is 0. The Morgan fingerprint density at radius 1 is 0.915 bits per heavy atom. The van der Waals surface area contributed by atoms with E-state index in [9.17, 15) is 19.5 Å². The van der Waals surface area contributed by atoms with Gasteiger partial charge in [-0.05, 0) is 139 Å². The molecule has 9 nitrogen and oxygen atoms in total. The summed E-state index contributed by atoms with van der Waals surface area (Å²) in [5.41, 5.74) is 2.00. The van der Waals surface area contributed by atoms with Crippen LogP contribution in [0, 0.1) is 62.1 Å². The molecule has 1 aromatic heterocycles. The Labute approximate surface area is 356 Å². The Hall–Kier alpha value is -2.94. The fourth-order valence-corrected chi connectivity index (χ4v) is 14.9. The molecule has 9 heteroatoms. The van der Waals surface area contributed by atoms with Gasteiger partial charge in [0.15, 0.2) is 0 Å². The maximum Gasteiger partial charge on any atom is 0.306 e. The number of esters is 1. The molecular weight excluding hydrogens is 739 g/mol. The third kappa shape index (κ3) is 8.37. The number of rotatable bonds is 11. The number of morpholine rings is 1. The van der Waals surface area contributed by atoms with Crippen molar-refractivity contribution in [3.05, 3.63) is 36.0 Å². The molecule has 1 aliphatic heterocycles. The van der Waals surface area contributed by atoms with E-state index < -0.39 is 11.4 Å². The number of carboxylic acids is 1. The average Bonchev–Trinajstić information content (AvgIpc) is 3.55. The number of anilines is 1. The topological polar surface area (TPSA) is 118 Å². The van der Waals surface area contributed by atoms with Gasteiger partial charge in [-0.3, -0.25) is 14.4 Å². The van der Waals surface area contributed by atoms with Crippen LogP contribution in [0.5, 0.6) is 0 Å². The zero-order chi connectivity index (χ0) is 43.2. The first kappa shape index (κ1) is 45.6. The molecule has 6 fully saturated rings. The molecule has 5 saturated carbocycles. The number of hydrogen-bond acceptors (Lipinski definition) is 7. The molecule has 0 aromatic carbocycles. The Kier molecular flexibility index (Phi) is 13.2. The van der Waals surface area contributed by atoms with Crippen molar-refractivity contribution in [1.82, 2.24) is 10.3 Å². The predicted molar refractivity (Wildman–Crippen MR) is 235 cm³/mol. The van der Waals surface area contributed by atoms with Crippen LogP contribution >= 0.6 is 0 Å². The quantitative estimate of drug-likeness (QED) is 0.167. The molecule has 2 heterocycles. The Morgan fingerprint density at radius 2 is 1.63 bits per heavy atom. The third-order valence-corrected chi connectivity index (χ3v) is 17.9. The number of pyridine rings is 1. The highest BCUT2D eigenvalue weighted by Crippen LogP contribution is 2.78. The Bertz CT molecular complexity index is 1700. The van der Waals surface area contributed by atoms with Crippen LogP contribution in [-0.4, -0.2) is 60.3 Å². The number of ether oxygens (including phenoxy) is 2. The number of carbonyl (C=O) groups is 3. The molecule has 1 saturated heterocycles. The van der Waals surface area contributed by atoms with Crippen molar-refractivity contribution in [3.63, 3.8) is 0 Å². The summed E-state index contributed by atoms with van der Waals surface area (Å²) in [6.07, 6.45) is 13.5. The second kappa shape index (κ2) is 17.1. The van der Waals surface area contributed by atoms with Gasteiger partial charge in [0.2, 0.25) is 5.91 Å². The van der Waals surface area contributed by atoms with E-state index in [1.807, 2.05) is 33.9 Å². The molecule has 0 bridgehead atoms. The minimum Gasteiger partial charge on any atom is -0.481 e. The minimum absolute atomic E-state index is 0.00355. The first-order chi connectivity index (χ1) is 27.7. The normalized spacial score (nSPS) is 37.3. The summed E-state index contributed by atoms with van der Waals surface area (Å²) in [5.74, 6) is 2.48. The van der Waals surface area contributed by atoms with Gasteiger partial charge in [0.05, 0.1) is 26.1 Å². The van der Waals surface area contributed by atoms with Crippen LogP contribution in [0.4, 0.5) is 5.82 Å². The standard InChI is InChI=1S/C48H73N3O6.C2H6/c1-31(2)33-14-19-48(26-39(52)50-30-32-10-13-38(49-29-32)51-22-24-56-25-23-51)21-20-46(8)34(42(33)48)11-12-36-45(7)17-16-37(44(5,6)35(45)15-18-47(36,46)9)57-41(55)28-43(3,4)27-40(53)54;1-2/h10,13,29,33-37,42H,1,11-12,14-28,30H2,2-9H3,(H,50,52)(H,53,54);1-2H3/t33-,34+,35?,36?,37-,42?,45-,46+,47+,48+;/m0./s1. The molecule has 0 radical (unpaired) electrons. The van der Waals surface area contributed by atoms with E-state index in [1.165, 1.54) is 31.3 Å². The number of nitrogens with one attached hydrogen (secondary N) is 1. The number of nitrogens with zero attached hydrogens (tertiary/aromatic N) is 2. The van der Waals surface area contributed by atoms with E-state index in [2.05, 4.69) is 70.5 Å². The summed E-state index contributed by atoms with van der Waals surface area (Å²) in [6, 6.07) is 4.16. The number of hydrogen-bond donors (Lipinski definition) is 2. The molecule has 5 aliphatic carbocycles. The Morgan fingerprint density at radius 3 is 2.27 bits per heavy atom. The molecular formula is C50H79N3O6. The lowest BCUT2D eigenvalue weighted by Gasteiger charge is -2.73. The van der Waals surface area contributed by atoms with Crippen LogP contribution in [0.3, 0.4) is 0 Å². The number of allylic oxidation sites excluding steroid dienone is 1. The summed E-state index contributed by atoms with van der Waals surface area (Å²) in [5, 5.41) is 12.7. The monoisotopic (exact) mass is 818 g/mol. The van der Waals surface area contributed by atoms with Crippen LogP contribution in [0.15, 0.2) is 30.5 Å². The minimum atomic E-state index is -0.886. The number of carbonyl (C=O) groups excluding carboxylic acids is 2. The molecule has 3 unspecified atom stereocenters. The lowest BCUT2D eigenvalue weighted by Crippen LogP contribution is -2.67. The summed E-state index contributed by atoms with van der Waals surface area (Å²) in [4.78, 5) is 45.7. The van der Waals surface area contributed by atoms with E-state index in [-0.39, 0.29) is 57.9 Å². The Balaban J connectivity index is 0.00000288. The lowest BCUT2D eigenvalue weighted by atomic mass is 9.32. The maximum atomic E-state index is 14.0. The summed E-state index contributed by atoms with van der Waals surface area (Å²) >= 11 is 0. The zero-order valence-corrected chi connectivity index (χ0v) is 38.5. The van der Waals surface area contributed by atoms with Gasteiger partial charge in [-0.2, -0.15) is 0 Å². The number of carboxylic acid groups (broad SMARTS) is 1. The van der Waals surface area contributed by atoms with Crippen molar-refractivity contribution in [2.24, 2.45) is 62.1 Å². The highest BCUT2D eigenvalue weighted by Gasteiger charge is 2.71. The molecule has 1 aromatic rings. The van der Waals surface area contributed by atoms with Gasteiger partial charge >= 0.3 is 11.9 Å². The van der Waals surface area contributed by atoms with E-state index in [4.69, 9.17) is 14.5 Å². The van der Waals surface area contributed by atoms with E-state index >= 15 is 0 Å². The fourth-order valence-electron chi connectivity index (χ4n) is 14.9. The molecule has 330 valence electrons. The number of aliphatic carboxylic acids is 1. The zero-order valence-electron chi connectivity index (χ0n) is 38.5. The van der Waals surface area contributed by atoms with Crippen molar-refractivity contribution in [2.75, 3.05) is 31.2 Å². The van der Waals surface area contributed by atoms with Gasteiger partial charge in [0.25, 0.3) is 0 Å². The number of fused-ring (bicyclic) bond motifs is 7. The van der Waals surface area contributed by atoms with Gasteiger partial charge in [-0.25, -0.2) is 4.98 Å². The molecule has 10 atom stereocenters. The molecule has 1 amide bonds. The van der Waals surface area contributed by atoms with E-state index in [0.29, 0.717) is 42.6 Å². The van der Waals surface area contributed by atoms with Crippen LogP contribution in [0.25, 0.3) is 0 Å². The summed E-state index contributed by atoms with van der Waals surface area (Å²) in [6.45, 7) is 30.7. The smallest absolute Gasteiger partial charge is 0.306 e.